The first-order valence-electron chi connectivity index (χ1n) is 3.65. The molecule has 11 heavy (non-hydrogen) atoms. The third kappa shape index (κ3) is 5.82. The summed E-state index contributed by atoms with van der Waals surface area (Å²) in [6.07, 6.45) is 0.828. The van der Waals surface area contributed by atoms with Gasteiger partial charge in [-0.2, -0.15) is 0 Å². The standard InChI is InChI=1S/C7H15NO3/c1-3-4-11-7(10)5-8(2)6-9/h9H,3-6H2,1-2H3. The molecule has 0 fully saturated rings. The molecular formula is C7H15NO3. The Labute approximate surface area is 66.8 Å². The van der Waals surface area contributed by atoms with Crippen molar-refractivity contribution in [3.8, 4) is 0 Å². The fourth-order valence-electron chi connectivity index (χ4n) is 0.532. The van der Waals surface area contributed by atoms with Crippen molar-refractivity contribution in [2.24, 2.45) is 0 Å². The highest BCUT2D eigenvalue weighted by Crippen LogP contribution is 1.85. The van der Waals surface area contributed by atoms with Gasteiger partial charge in [0.1, 0.15) is 0 Å². The molecule has 0 unspecified atom stereocenters. The third-order valence-corrected chi connectivity index (χ3v) is 1.11. The fraction of sp³-hybridized carbons (Fsp3) is 0.857. The van der Waals surface area contributed by atoms with Crippen molar-refractivity contribution in [2.45, 2.75) is 13.3 Å². The predicted molar refractivity (Wildman–Crippen MR) is 41.0 cm³/mol. The monoisotopic (exact) mass is 161 g/mol. The van der Waals surface area contributed by atoms with E-state index < -0.39 is 0 Å². The normalized spacial score (nSPS) is 10.2. The largest absolute Gasteiger partial charge is 0.465 e. The predicted octanol–water partition coefficient (Wildman–Crippen LogP) is -0.179. The topological polar surface area (TPSA) is 49.8 Å². The maximum Gasteiger partial charge on any atom is 0.320 e. The van der Waals surface area contributed by atoms with E-state index in [0.29, 0.717) is 6.61 Å². The van der Waals surface area contributed by atoms with E-state index >= 15 is 0 Å². The van der Waals surface area contributed by atoms with Crippen molar-refractivity contribution >= 4 is 5.97 Å². The second-order valence-electron chi connectivity index (χ2n) is 2.38. The summed E-state index contributed by atoms with van der Waals surface area (Å²) in [4.78, 5) is 12.3. The molecule has 0 saturated carbocycles. The Balaban J connectivity index is 3.36. The summed E-state index contributed by atoms with van der Waals surface area (Å²) in [5.74, 6) is -0.289. The third-order valence-electron chi connectivity index (χ3n) is 1.11. The minimum atomic E-state index is -0.289. The average Bonchev–Trinajstić information content (AvgIpc) is 2.00. The fourth-order valence-corrected chi connectivity index (χ4v) is 0.532. The summed E-state index contributed by atoms with van der Waals surface area (Å²) in [6.45, 7) is 2.42. The summed E-state index contributed by atoms with van der Waals surface area (Å²) in [6, 6.07) is 0. The van der Waals surface area contributed by atoms with Crippen molar-refractivity contribution in [3.05, 3.63) is 0 Å². The van der Waals surface area contributed by atoms with Gasteiger partial charge in [0.15, 0.2) is 0 Å². The lowest BCUT2D eigenvalue weighted by Crippen LogP contribution is -2.28. The molecule has 0 aliphatic heterocycles. The van der Waals surface area contributed by atoms with E-state index in [1.165, 1.54) is 4.90 Å². The molecule has 0 aromatic carbocycles. The Hall–Kier alpha value is -0.610. The summed E-state index contributed by atoms with van der Waals surface area (Å²) in [5, 5.41) is 8.53. The van der Waals surface area contributed by atoms with Crippen LogP contribution in [0, 0.1) is 0 Å². The zero-order valence-corrected chi connectivity index (χ0v) is 7.04. The van der Waals surface area contributed by atoms with Gasteiger partial charge in [-0.05, 0) is 13.5 Å². The highest BCUT2D eigenvalue weighted by atomic mass is 16.5. The van der Waals surface area contributed by atoms with E-state index in [9.17, 15) is 4.79 Å². The maximum atomic E-state index is 10.8. The Morgan fingerprint density at radius 1 is 1.64 bits per heavy atom. The van der Waals surface area contributed by atoms with Crippen molar-refractivity contribution in [1.29, 1.82) is 0 Å². The van der Waals surface area contributed by atoms with Crippen LogP contribution in [0.25, 0.3) is 0 Å². The second-order valence-corrected chi connectivity index (χ2v) is 2.38. The average molecular weight is 161 g/mol. The molecular weight excluding hydrogens is 146 g/mol. The van der Waals surface area contributed by atoms with Gasteiger partial charge in [-0.25, -0.2) is 0 Å². The van der Waals surface area contributed by atoms with Gasteiger partial charge >= 0.3 is 5.97 Å². The Morgan fingerprint density at radius 2 is 2.27 bits per heavy atom. The van der Waals surface area contributed by atoms with E-state index in [0.717, 1.165) is 6.42 Å². The summed E-state index contributed by atoms with van der Waals surface area (Å²) in [7, 11) is 1.65. The van der Waals surface area contributed by atoms with E-state index in [1.807, 2.05) is 6.92 Å². The first kappa shape index (κ1) is 10.4. The van der Waals surface area contributed by atoms with Crippen LogP contribution < -0.4 is 0 Å². The molecule has 0 aromatic rings. The minimum absolute atomic E-state index is 0.124. The second kappa shape index (κ2) is 6.12. The van der Waals surface area contributed by atoms with E-state index in [2.05, 4.69) is 0 Å². The summed E-state index contributed by atoms with van der Waals surface area (Å²) < 4.78 is 4.77. The molecule has 0 aliphatic rings. The molecule has 0 spiro atoms. The first-order chi connectivity index (χ1) is 5.20. The van der Waals surface area contributed by atoms with E-state index in [-0.39, 0.29) is 19.2 Å². The van der Waals surface area contributed by atoms with Gasteiger partial charge in [0.2, 0.25) is 0 Å². The van der Waals surface area contributed by atoms with Gasteiger partial charge in [-0.1, -0.05) is 6.92 Å². The molecule has 0 bridgehead atoms. The van der Waals surface area contributed by atoms with Gasteiger partial charge in [-0.3, -0.25) is 9.69 Å². The molecule has 4 heteroatoms. The Morgan fingerprint density at radius 3 is 2.73 bits per heavy atom. The number of aliphatic hydroxyl groups excluding tert-OH is 1. The minimum Gasteiger partial charge on any atom is -0.465 e. The number of hydrogen-bond donors (Lipinski definition) is 1. The number of ether oxygens (including phenoxy) is 1. The van der Waals surface area contributed by atoms with Crippen molar-refractivity contribution in [2.75, 3.05) is 26.9 Å². The molecule has 0 aromatic heterocycles. The highest BCUT2D eigenvalue weighted by molar-refractivity contribution is 5.71. The first-order valence-corrected chi connectivity index (χ1v) is 3.65. The molecule has 0 amide bonds. The maximum absolute atomic E-state index is 10.8. The molecule has 0 saturated heterocycles. The lowest BCUT2D eigenvalue weighted by atomic mass is 10.5. The van der Waals surface area contributed by atoms with Crippen molar-refractivity contribution in [3.63, 3.8) is 0 Å². The molecule has 0 rings (SSSR count). The zero-order valence-electron chi connectivity index (χ0n) is 7.04. The quantitative estimate of drug-likeness (QED) is 0.449. The van der Waals surface area contributed by atoms with Gasteiger partial charge in [-0.15, -0.1) is 0 Å². The van der Waals surface area contributed by atoms with Crippen LogP contribution in [0.15, 0.2) is 0 Å². The lowest BCUT2D eigenvalue weighted by molar-refractivity contribution is -0.145. The van der Waals surface area contributed by atoms with Gasteiger partial charge in [0, 0.05) is 0 Å². The van der Waals surface area contributed by atoms with Crippen LogP contribution in [0.4, 0.5) is 0 Å². The van der Waals surface area contributed by atoms with Gasteiger partial charge < -0.3 is 9.84 Å². The number of likely N-dealkylation sites (N-methyl/N-ethyl adjacent to an activating group) is 1. The van der Waals surface area contributed by atoms with Crippen LogP contribution in [0.3, 0.4) is 0 Å². The van der Waals surface area contributed by atoms with Crippen LogP contribution in [0.1, 0.15) is 13.3 Å². The van der Waals surface area contributed by atoms with E-state index in [1.54, 1.807) is 7.05 Å². The molecule has 0 radical (unpaired) electrons. The van der Waals surface area contributed by atoms with Crippen LogP contribution >= 0.6 is 0 Å². The van der Waals surface area contributed by atoms with Crippen LogP contribution in [0.5, 0.6) is 0 Å². The smallest absolute Gasteiger partial charge is 0.320 e. The molecule has 0 atom stereocenters. The molecule has 66 valence electrons. The Bertz CT molecular complexity index is 116. The Kier molecular flexibility index (Phi) is 5.78. The molecule has 4 nitrogen and oxygen atoms in total. The summed E-state index contributed by atoms with van der Waals surface area (Å²) in [5.41, 5.74) is 0. The number of carbonyl (C=O) groups excluding carboxylic acids is 1. The number of hydrogen-bond acceptors (Lipinski definition) is 4. The summed E-state index contributed by atoms with van der Waals surface area (Å²) >= 11 is 0. The number of rotatable bonds is 5. The zero-order chi connectivity index (χ0) is 8.69. The number of aliphatic hydroxyl groups is 1. The SMILES string of the molecule is CCCOC(=O)CN(C)CO. The van der Waals surface area contributed by atoms with Crippen molar-refractivity contribution in [1.82, 2.24) is 4.90 Å². The molecule has 0 aliphatic carbocycles. The number of esters is 1. The lowest BCUT2D eigenvalue weighted by Gasteiger charge is -2.11. The van der Waals surface area contributed by atoms with Crippen LogP contribution in [-0.4, -0.2) is 42.9 Å². The van der Waals surface area contributed by atoms with Gasteiger partial charge in [0.25, 0.3) is 0 Å². The highest BCUT2D eigenvalue weighted by Gasteiger charge is 2.04. The van der Waals surface area contributed by atoms with Crippen LogP contribution in [0.2, 0.25) is 0 Å². The van der Waals surface area contributed by atoms with Crippen molar-refractivity contribution < 1.29 is 14.6 Å². The van der Waals surface area contributed by atoms with Crippen LogP contribution in [-0.2, 0) is 9.53 Å². The molecule has 0 heterocycles. The van der Waals surface area contributed by atoms with Gasteiger partial charge in [0.05, 0.1) is 19.9 Å². The number of nitrogens with zero attached hydrogens (tertiary/aromatic N) is 1. The molecule has 1 N–H and O–H groups in total. The van der Waals surface area contributed by atoms with E-state index in [4.69, 9.17) is 9.84 Å². The number of carbonyl (C=O) groups is 1.